The zero-order valence-electron chi connectivity index (χ0n) is 12.2. The van der Waals surface area contributed by atoms with Crippen molar-refractivity contribution in [2.24, 2.45) is 0 Å². The van der Waals surface area contributed by atoms with Gasteiger partial charge in [-0.3, -0.25) is 4.79 Å². The molecule has 0 aliphatic heterocycles. The monoisotopic (exact) mass is 351 g/mol. The molecule has 3 rings (SSSR count). The van der Waals surface area contributed by atoms with E-state index in [1.165, 1.54) is 12.1 Å². The first-order valence-electron chi connectivity index (χ1n) is 6.97. The zero-order chi connectivity index (χ0) is 17.2. The predicted molar refractivity (Wildman–Crippen MR) is 85.6 cm³/mol. The molecule has 2 aromatic heterocycles. The molecule has 24 heavy (non-hydrogen) atoms. The fraction of sp³-hybridized carbons (Fsp3) is 0.125. The number of rotatable bonds is 4. The Bertz CT molecular complexity index is 859. The molecule has 3 aromatic rings. The maximum Gasteiger partial charge on any atom is 0.447 e. The molecule has 0 bridgehead atoms. The number of nitrogens with zero attached hydrogens (tertiary/aromatic N) is 1. The van der Waals surface area contributed by atoms with E-state index in [0.717, 1.165) is 22.7 Å². The molecule has 0 fully saturated rings. The normalized spacial score (nSPS) is 11.6. The Hall–Kier alpha value is -2.48. The van der Waals surface area contributed by atoms with Crippen molar-refractivity contribution in [3.05, 3.63) is 59.9 Å². The van der Waals surface area contributed by atoms with Crippen LogP contribution in [0.25, 0.3) is 10.9 Å². The van der Waals surface area contributed by atoms with Crippen LogP contribution in [-0.2, 0) is 6.54 Å². The highest BCUT2D eigenvalue weighted by atomic mass is 32.2. The third-order valence-electron chi connectivity index (χ3n) is 3.29. The standard InChI is InChI=1S/C16H12F3N3OS/c17-16(18,19)24-14-4-3-12(9-21-14)15(23)22-8-10-1-2-11-5-6-20-13(11)7-10/h1-7,9,20H,8H2,(H,22,23). The maximum absolute atomic E-state index is 12.2. The molecule has 0 aliphatic carbocycles. The van der Waals surface area contributed by atoms with Gasteiger partial charge in [0.15, 0.2) is 0 Å². The fourth-order valence-electron chi connectivity index (χ4n) is 2.18. The van der Waals surface area contributed by atoms with E-state index in [9.17, 15) is 18.0 Å². The van der Waals surface area contributed by atoms with Gasteiger partial charge in [-0.1, -0.05) is 12.1 Å². The van der Waals surface area contributed by atoms with E-state index >= 15 is 0 Å². The highest BCUT2D eigenvalue weighted by molar-refractivity contribution is 8.00. The van der Waals surface area contributed by atoms with Gasteiger partial charge >= 0.3 is 5.51 Å². The van der Waals surface area contributed by atoms with Crippen molar-refractivity contribution in [1.82, 2.24) is 15.3 Å². The van der Waals surface area contributed by atoms with Crippen LogP contribution in [0, 0.1) is 0 Å². The third kappa shape index (κ3) is 4.08. The van der Waals surface area contributed by atoms with Gasteiger partial charge in [0.05, 0.1) is 5.56 Å². The number of fused-ring (bicyclic) bond motifs is 1. The summed E-state index contributed by atoms with van der Waals surface area (Å²) in [5, 5.41) is 3.60. The Morgan fingerprint density at radius 2 is 2.04 bits per heavy atom. The summed E-state index contributed by atoms with van der Waals surface area (Å²) in [6.07, 6.45) is 2.97. The summed E-state index contributed by atoms with van der Waals surface area (Å²) in [6.45, 7) is 0.312. The summed E-state index contributed by atoms with van der Waals surface area (Å²) in [6, 6.07) is 10.2. The number of nitrogens with one attached hydrogen (secondary N) is 2. The van der Waals surface area contributed by atoms with Gasteiger partial charge in [-0.25, -0.2) is 4.98 Å². The molecule has 0 radical (unpaired) electrons. The van der Waals surface area contributed by atoms with Crippen LogP contribution < -0.4 is 5.32 Å². The van der Waals surface area contributed by atoms with Crippen molar-refractivity contribution in [3.63, 3.8) is 0 Å². The Kier molecular flexibility index (Phi) is 4.48. The minimum absolute atomic E-state index is 0.198. The molecule has 4 nitrogen and oxygen atoms in total. The molecule has 0 saturated carbocycles. The van der Waals surface area contributed by atoms with Crippen LogP contribution in [0.4, 0.5) is 13.2 Å². The smallest absolute Gasteiger partial charge is 0.361 e. The first-order valence-corrected chi connectivity index (χ1v) is 7.78. The van der Waals surface area contributed by atoms with Gasteiger partial charge in [-0.15, -0.1) is 0 Å². The lowest BCUT2D eigenvalue weighted by molar-refractivity contribution is -0.0329. The first kappa shape index (κ1) is 16.4. The van der Waals surface area contributed by atoms with Gasteiger partial charge in [0.1, 0.15) is 5.03 Å². The van der Waals surface area contributed by atoms with Crippen molar-refractivity contribution in [1.29, 1.82) is 0 Å². The molecule has 0 saturated heterocycles. The van der Waals surface area contributed by atoms with Gasteiger partial charge in [-0.2, -0.15) is 13.2 Å². The number of pyridine rings is 1. The van der Waals surface area contributed by atoms with E-state index < -0.39 is 11.4 Å². The highest BCUT2D eigenvalue weighted by Crippen LogP contribution is 2.35. The molecule has 124 valence electrons. The molecular formula is C16H12F3N3OS. The summed E-state index contributed by atoms with van der Waals surface area (Å²) in [4.78, 5) is 18.8. The van der Waals surface area contributed by atoms with Gasteiger partial charge in [0.25, 0.3) is 5.91 Å². The number of aromatic amines is 1. The molecule has 8 heteroatoms. The third-order valence-corrected chi connectivity index (χ3v) is 3.97. The predicted octanol–water partition coefficient (Wildman–Crippen LogP) is 4.10. The number of aromatic nitrogens is 2. The lowest BCUT2D eigenvalue weighted by atomic mass is 10.1. The Morgan fingerprint density at radius 3 is 2.75 bits per heavy atom. The number of halogens is 3. The van der Waals surface area contributed by atoms with E-state index in [-0.39, 0.29) is 22.4 Å². The molecule has 0 unspecified atom stereocenters. The lowest BCUT2D eigenvalue weighted by Crippen LogP contribution is -2.22. The van der Waals surface area contributed by atoms with Crippen molar-refractivity contribution in [2.45, 2.75) is 17.1 Å². The van der Waals surface area contributed by atoms with Crippen molar-refractivity contribution < 1.29 is 18.0 Å². The van der Waals surface area contributed by atoms with Gasteiger partial charge in [0, 0.05) is 36.2 Å². The maximum atomic E-state index is 12.2. The minimum atomic E-state index is -4.40. The van der Waals surface area contributed by atoms with Crippen LogP contribution in [0.2, 0.25) is 0 Å². The average Bonchev–Trinajstić information content (AvgIpc) is 2.99. The van der Waals surface area contributed by atoms with Crippen LogP contribution >= 0.6 is 11.8 Å². The summed E-state index contributed by atoms with van der Waals surface area (Å²) in [5.41, 5.74) is -2.30. The number of hydrogen-bond donors (Lipinski definition) is 2. The summed E-state index contributed by atoms with van der Waals surface area (Å²) in [7, 11) is 0. The molecule has 1 amide bonds. The summed E-state index contributed by atoms with van der Waals surface area (Å²) >= 11 is -0.313. The van der Waals surface area contributed by atoms with Crippen LogP contribution in [0.1, 0.15) is 15.9 Å². The fourth-order valence-corrected chi connectivity index (χ4v) is 2.66. The lowest BCUT2D eigenvalue weighted by Gasteiger charge is -2.07. The number of H-pyrrole nitrogens is 1. The Morgan fingerprint density at radius 1 is 1.21 bits per heavy atom. The second-order valence-corrected chi connectivity index (χ2v) is 6.10. The van der Waals surface area contributed by atoms with E-state index in [0.29, 0.717) is 6.54 Å². The summed E-state index contributed by atoms with van der Waals surface area (Å²) in [5.74, 6) is -0.391. The van der Waals surface area contributed by atoms with E-state index in [2.05, 4.69) is 15.3 Å². The van der Waals surface area contributed by atoms with Crippen LogP contribution in [0.15, 0.2) is 53.8 Å². The number of benzene rings is 1. The number of hydrogen-bond acceptors (Lipinski definition) is 3. The topological polar surface area (TPSA) is 57.8 Å². The Balaban J connectivity index is 1.62. The SMILES string of the molecule is O=C(NCc1ccc2cc[nH]c2c1)c1ccc(SC(F)(F)F)nc1. The minimum Gasteiger partial charge on any atom is -0.361 e. The molecule has 1 aromatic carbocycles. The highest BCUT2D eigenvalue weighted by Gasteiger charge is 2.30. The Labute approximate surface area is 139 Å². The zero-order valence-corrected chi connectivity index (χ0v) is 13.0. The van der Waals surface area contributed by atoms with E-state index in [1.54, 1.807) is 0 Å². The molecular weight excluding hydrogens is 339 g/mol. The second-order valence-electron chi connectivity index (χ2n) is 5.01. The number of thioether (sulfide) groups is 1. The number of carbonyl (C=O) groups excluding carboxylic acids is 1. The van der Waals surface area contributed by atoms with Crippen molar-refractivity contribution in [2.75, 3.05) is 0 Å². The molecule has 0 spiro atoms. The molecule has 2 N–H and O–H groups in total. The largest absolute Gasteiger partial charge is 0.447 e. The van der Waals surface area contributed by atoms with Gasteiger partial charge in [0.2, 0.25) is 0 Å². The van der Waals surface area contributed by atoms with Gasteiger partial charge < -0.3 is 10.3 Å². The van der Waals surface area contributed by atoms with E-state index in [4.69, 9.17) is 0 Å². The van der Waals surface area contributed by atoms with Crippen molar-refractivity contribution in [3.8, 4) is 0 Å². The second kappa shape index (κ2) is 6.56. The quantitative estimate of drug-likeness (QED) is 0.696. The first-order chi connectivity index (χ1) is 11.4. The van der Waals surface area contributed by atoms with Crippen LogP contribution in [-0.4, -0.2) is 21.4 Å². The number of amides is 1. The molecule has 0 atom stereocenters. The van der Waals surface area contributed by atoms with Crippen LogP contribution in [0.3, 0.4) is 0 Å². The van der Waals surface area contributed by atoms with Crippen molar-refractivity contribution >= 4 is 28.6 Å². The van der Waals surface area contributed by atoms with Gasteiger partial charge in [-0.05, 0) is 35.2 Å². The number of carbonyl (C=O) groups is 1. The molecule has 0 aliphatic rings. The van der Waals surface area contributed by atoms with Crippen LogP contribution in [0.5, 0.6) is 0 Å². The molecule has 2 heterocycles. The summed E-state index contributed by atoms with van der Waals surface area (Å²) < 4.78 is 36.7. The van der Waals surface area contributed by atoms with E-state index in [1.807, 2.05) is 30.5 Å². The number of alkyl halides is 3. The average molecular weight is 351 g/mol.